The van der Waals surface area contributed by atoms with Crippen LogP contribution in [0.1, 0.15) is 37.4 Å². The van der Waals surface area contributed by atoms with Crippen LogP contribution in [0.5, 0.6) is 23.0 Å². The minimum Gasteiger partial charge on any atom is -0.508 e. The van der Waals surface area contributed by atoms with Crippen molar-refractivity contribution in [3.05, 3.63) is 82.4 Å². The first kappa shape index (κ1) is 20.4. The number of thioether (sulfide) groups is 1. The Labute approximate surface area is 187 Å². The number of fused-ring (bicyclic) bond motifs is 6. The van der Waals surface area contributed by atoms with E-state index in [1.807, 2.05) is 0 Å². The van der Waals surface area contributed by atoms with Gasteiger partial charge in [0.15, 0.2) is 11.4 Å². The topological polar surface area (TPSA) is 119 Å². The number of nitrogens with two attached hydrogens (primary N) is 1. The molecule has 1 spiro atoms. The van der Waals surface area contributed by atoms with E-state index in [4.69, 9.17) is 15.2 Å². The molecule has 0 saturated heterocycles. The summed E-state index contributed by atoms with van der Waals surface area (Å²) >= 11 is 1.44. The lowest BCUT2D eigenvalue weighted by Crippen LogP contribution is -2.32. The van der Waals surface area contributed by atoms with Crippen LogP contribution in [0.25, 0.3) is 0 Å². The van der Waals surface area contributed by atoms with Crippen LogP contribution >= 0.6 is 11.8 Å². The SMILES string of the molecule is NCCSCC(=O)c1ccc2c(c1)C(=O)OC21c2ccc(O)cc2Oc2cc(O)ccc21. The molecule has 7 nitrogen and oxygen atoms in total. The highest BCUT2D eigenvalue weighted by Crippen LogP contribution is 2.57. The molecule has 0 atom stereocenters. The number of hydrogen-bond acceptors (Lipinski definition) is 8. The minimum absolute atomic E-state index is 0.0111. The normalized spacial score (nSPS) is 14.8. The highest BCUT2D eigenvalue weighted by atomic mass is 32.2. The number of ether oxygens (including phenoxy) is 2. The number of phenols is 2. The lowest BCUT2D eigenvalue weighted by atomic mass is 9.77. The maximum Gasteiger partial charge on any atom is 0.340 e. The number of esters is 1. The van der Waals surface area contributed by atoms with Crippen molar-refractivity contribution in [3.63, 3.8) is 0 Å². The zero-order valence-corrected chi connectivity index (χ0v) is 17.6. The lowest BCUT2D eigenvalue weighted by molar-refractivity contribution is 0.0224. The van der Waals surface area contributed by atoms with Crippen molar-refractivity contribution in [2.45, 2.75) is 5.60 Å². The highest BCUT2D eigenvalue weighted by molar-refractivity contribution is 8.00. The minimum atomic E-state index is -1.33. The van der Waals surface area contributed by atoms with E-state index in [9.17, 15) is 19.8 Å². The van der Waals surface area contributed by atoms with Crippen LogP contribution in [0.4, 0.5) is 0 Å². The Morgan fingerprint density at radius 1 is 0.938 bits per heavy atom. The standard InChI is InChI=1S/C24H19NO6S/c25-7-8-32-12-20(28)13-1-4-17-16(9-13)23(29)31-24(17)18-5-2-14(26)10-21(18)30-22-11-15(27)3-6-19(22)24/h1-6,9-11,26-27H,7-8,12,25H2. The number of aromatic hydroxyl groups is 2. The van der Waals surface area contributed by atoms with E-state index in [2.05, 4.69) is 0 Å². The molecule has 3 aromatic carbocycles. The zero-order chi connectivity index (χ0) is 22.5. The predicted molar refractivity (Wildman–Crippen MR) is 119 cm³/mol. The molecule has 0 saturated carbocycles. The van der Waals surface area contributed by atoms with Crippen LogP contribution in [0.2, 0.25) is 0 Å². The molecule has 4 N–H and O–H groups in total. The van der Waals surface area contributed by atoms with Gasteiger partial charge < -0.3 is 25.4 Å². The number of rotatable bonds is 5. The van der Waals surface area contributed by atoms with Crippen LogP contribution in [0.15, 0.2) is 54.6 Å². The smallest absolute Gasteiger partial charge is 0.340 e. The van der Waals surface area contributed by atoms with E-state index in [1.54, 1.807) is 30.3 Å². The number of ketones is 1. The summed E-state index contributed by atoms with van der Waals surface area (Å²) in [5, 5.41) is 19.9. The van der Waals surface area contributed by atoms with Crippen molar-refractivity contribution >= 4 is 23.5 Å². The summed E-state index contributed by atoms with van der Waals surface area (Å²) in [6.45, 7) is 0.489. The molecule has 0 unspecified atom stereocenters. The first-order valence-corrected chi connectivity index (χ1v) is 11.1. The van der Waals surface area contributed by atoms with Gasteiger partial charge in [0.25, 0.3) is 0 Å². The summed E-state index contributed by atoms with van der Waals surface area (Å²) in [7, 11) is 0. The van der Waals surface area contributed by atoms with Gasteiger partial charge >= 0.3 is 5.97 Å². The van der Waals surface area contributed by atoms with Gasteiger partial charge in [-0.05, 0) is 30.3 Å². The van der Waals surface area contributed by atoms with Gasteiger partial charge in [-0.15, -0.1) is 0 Å². The third-order valence-electron chi connectivity index (χ3n) is 5.59. The molecule has 0 aromatic heterocycles. The second-order valence-corrected chi connectivity index (χ2v) is 8.66. The van der Waals surface area contributed by atoms with Gasteiger partial charge in [-0.2, -0.15) is 11.8 Å². The van der Waals surface area contributed by atoms with E-state index < -0.39 is 11.6 Å². The third kappa shape index (κ3) is 3.03. The molecule has 0 radical (unpaired) electrons. The molecule has 0 aliphatic carbocycles. The van der Waals surface area contributed by atoms with E-state index in [0.29, 0.717) is 51.6 Å². The van der Waals surface area contributed by atoms with Crippen molar-refractivity contribution in [1.82, 2.24) is 0 Å². The van der Waals surface area contributed by atoms with E-state index in [0.717, 1.165) is 0 Å². The second kappa shape index (κ2) is 7.58. The van der Waals surface area contributed by atoms with E-state index in [1.165, 1.54) is 36.0 Å². The summed E-state index contributed by atoms with van der Waals surface area (Å²) in [5.74, 6) is 0.880. The van der Waals surface area contributed by atoms with Crippen molar-refractivity contribution in [2.24, 2.45) is 5.73 Å². The quantitative estimate of drug-likeness (QED) is 0.307. The maximum absolute atomic E-state index is 13.0. The fourth-order valence-electron chi connectivity index (χ4n) is 4.21. The van der Waals surface area contributed by atoms with Gasteiger partial charge in [0, 0.05) is 46.7 Å². The molecule has 2 heterocycles. The van der Waals surface area contributed by atoms with Crippen LogP contribution in [-0.2, 0) is 10.3 Å². The fraction of sp³-hybridized carbons (Fsp3) is 0.167. The first-order valence-electron chi connectivity index (χ1n) is 9.98. The largest absolute Gasteiger partial charge is 0.508 e. The van der Waals surface area contributed by atoms with Gasteiger partial charge in [-0.25, -0.2) is 4.79 Å². The molecule has 0 bridgehead atoms. The summed E-state index contributed by atoms with van der Waals surface area (Å²) < 4.78 is 11.9. The van der Waals surface area contributed by atoms with Gasteiger partial charge in [-0.3, -0.25) is 4.79 Å². The van der Waals surface area contributed by atoms with Crippen molar-refractivity contribution < 1.29 is 29.3 Å². The number of carbonyl (C=O) groups is 2. The van der Waals surface area contributed by atoms with Crippen molar-refractivity contribution in [1.29, 1.82) is 0 Å². The number of phenolic OH excluding ortho intramolecular Hbond substituents is 2. The van der Waals surface area contributed by atoms with Crippen molar-refractivity contribution in [3.8, 4) is 23.0 Å². The average Bonchev–Trinajstić information content (AvgIpc) is 3.06. The molecule has 8 heteroatoms. The van der Waals surface area contributed by atoms with Gasteiger partial charge in [0.05, 0.1) is 11.3 Å². The third-order valence-corrected chi connectivity index (χ3v) is 6.58. The fourth-order valence-corrected chi connectivity index (χ4v) is 4.87. The molecular weight excluding hydrogens is 430 g/mol. The number of hydrogen-bond donors (Lipinski definition) is 3. The van der Waals surface area contributed by atoms with E-state index >= 15 is 0 Å². The Hall–Kier alpha value is -3.49. The van der Waals surface area contributed by atoms with Crippen LogP contribution < -0.4 is 10.5 Å². The summed E-state index contributed by atoms with van der Waals surface area (Å²) in [5.41, 5.74) is 6.52. The molecule has 0 fully saturated rings. The number of Topliss-reactive ketones (excluding diaryl/α,β-unsaturated/α-hetero) is 1. The van der Waals surface area contributed by atoms with Gasteiger partial charge in [0.2, 0.25) is 0 Å². The summed E-state index contributed by atoms with van der Waals surface area (Å²) in [6, 6.07) is 14.1. The molecular formula is C24H19NO6S. The van der Waals surface area contributed by atoms with Gasteiger partial charge in [-0.1, -0.05) is 12.1 Å². The van der Waals surface area contributed by atoms with Crippen LogP contribution in [0, 0.1) is 0 Å². The Balaban J connectivity index is 1.68. The molecule has 162 valence electrons. The highest BCUT2D eigenvalue weighted by Gasteiger charge is 2.53. The Bertz CT molecular complexity index is 1220. The lowest BCUT2D eigenvalue weighted by Gasteiger charge is -2.36. The molecule has 2 aliphatic rings. The Kier molecular flexibility index (Phi) is 4.83. The summed E-state index contributed by atoms with van der Waals surface area (Å²) in [4.78, 5) is 25.6. The Morgan fingerprint density at radius 3 is 2.19 bits per heavy atom. The molecule has 2 aliphatic heterocycles. The van der Waals surface area contributed by atoms with Crippen LogP contribution in [0.3, 0.4) is 0 Å². The molecule has 5 rings (SSSR count). The molecule has 3 aromatic rings. The molecule has 32 heavy (non-hydrogen) atoms. The number of benzene rings is 3. The zero-order valence-electron chi connectivity index (χ0n) is 16.8. The molecule has 0 amide bonds. The predicted octanol–water partition coefficient (Wildman–Crippen LogP) is 3.54. The maximum atomic E-state index is 13.0. The van der Waals surface area contributed by atoms with E-state index in [-0.39, 0.29) is 23.0 Å². The monoisotopic (exact) mass is 449 g/mol. The second-order valence-electron chi connectivity index (χ2n) is 7.56. The first-order chi connectivity index (χ1) is 15.4. The number of carbonyl (C=O) groups excluding carboxylic acids is 2. The summed E-state index contributed by atoms with van der Waals surface area (Å²) in [6.07, 6.45) is 0. The van der Waals surface area contributed by atoms with Crippen LogP contribution in [-0.4, -0.2) is 40.0 Å². The van der Waals surface area contributed by atoms with Gasteiger partial charge in [0.1, 0.15) is 23.0 Å². The Morgan fingerprint density at radius 2 is 1.56 bits per heavy atom. The average molecular weight is 449 g/mol. The van der Waals surface area contributed by atoms with Crippen molar-refractivity contribution in [2.75, 3.05) is 18.1 Å².